The van der Waals surface area contributed by atoms with E-state index < -0.39 is 35.2 Å². The van der Waals surface area contributed by atoms with Crippen LogP contribution in [0.3, 0.4) is 0 Å². The Bertz CT molecular complexity index is 1890. The second kappa shape index (κ2) is 11.4. The van der Waals surface area contributed by atoms with Gasteiger partial charge >= 0.3 is 6.18 Å². The summed E-state index contributed by atoms with van der Waals surface area (Å²) < 4.78 is 68.1. The number of pyridine rings is 1. The van der Waals surface area contributed by atoms with Gasteiger partial charge in [-0.1, -0.05) is 35.0 Å². The molecule has 6 rings (SSSR count). The fourth-order valence-electron chi connectivity index (χ4n) is 5.02. The molecule has 1 saturated heterocycles. The number of hydrogen-bond acceptors (Lipinski definition) is 8. The van der Waals surface area contributed by atoms with E-state index in [-0.39, 0.29) is 28.2 Å². The van der Waals surface area contributed by atoms with Gasteiger partial charge < -0.3 is 14.6 Å². The van der Waals surface area contributed by atoms with Crippen molar-refractivity contribution in [2.24, 2.45) is 0 Å². The van der Waals surface area contributed by atoms with Gasteiger partial charge in [0.05, 0.1) is 12.1 Å². The molecule has 0 amide bonds. The molecule has 4 heterocycles. The number of anilines is 1. The van der Waals surface area contributed by atoms with Crippen molar-refractivity contribution < 1.29 is 26.8 Å². The average molecular weight is 615 g/mol. The Balaban J connectivity index is 1.51. The Morgan fingerprint density at radius 2 is 1.88 bits per heavy atom. The van der Waals surface area contributed by atoms with E-state index >= 15 is 0 Å². The Morgan fingerprint density at radius 1 is 1.09 bits per heavy atom. The lowest BCUT2D eigenvalue weighted by Gasteiger charge is -2.23. The minimum atomic E-state index is -4.86. The van der Waals surface area contributed by atoms with Crippen molar-refractivity contribution in [2.45, 2.75) is 38.5 Å². The summed E-state index contributed by atoms with van der Waals surface area (Å²) in [5.74, 6) is -0.279. The van der Waals surface area contributed by atoms with E-state index in [9.17, 15) is 22.4 Å². The maximum atomic E-state index is 15.0. The molecule has 0 unspecified atom stereocenters. The molecule has 0 aliphatic carbocycles. The number of halogens is 5. The van der Waals surface area contributed by atoms with Crippen LogP contribution in [0, 0.1) is 12.7 Å². The first-order valence-electron chi connectivity index (χ1n) is 13.3. The maximum Gasteiger partial charge on any atom is 0.416 e. The number of alkyl halides is 3. The Hall–Kier alpha value is -4.36. The quantitative estimate of drug-likeness (QED) is 0.223. The van der Waals surface area contributed by atoms with Crippen LogP contribution in [0.25, 0.3) is 33.5 Å². The minimum absolute atomic E-state index is 0.00867. The van der Waals surface area contributed by atoms with Crippen LogP contribution >= 0.6 is 11.6 Å². The van der Waals surface area contributed by atoms with Gasteiger partial charge in [0, 0.05) is 65.0 Å². The molecule has 43 heavy (non-hydrogen) atoms. The molecule has 0 atom stereocenters. The van der Waals surface area contributed by atoms with Crippen LogP contribution in [0.4, 0.5) is 23.5 Å². The van der Waals surface area contributed by atoms with Crippen molar-refractivity contribution in [2.75, 3.05) is 18.5 Å². The average Bonchev–Trinajstić information content (AvgIpc) is 3.41. The number of nitrogens with zero attached hydrogens (tertiary/aromatic N) is 5. The SMILES string of the molecule is Cc1nc(-c2ccc(-c3cc4cnc(NC5CCOCC5)nc4n(Cc4c(F)cccc4C(F)(F)F)c3=O)c(Cl)c2)no1. The first-order valence-corrected chi connectivity index (χ1v) is 13.7. The Labute approximate surface area is 246 Å². The van der Waals surface area contributed by atoms with Crippen molar-refractivity contribution in [3.63, 3.8) is 0 Å². The third-order valence-electron chi connectivity index (χ3n) is 7.17. The summed E-state index contributed by atoms with van der Waals surface area (Å²) in [6.07, 6.45) is -1.99. The lowest BCUT2D eigenvalue weighted by atomic mass is 10.0. The van der Waals surface area contributed by atoms with Crippen LogP contribution in [0.5, 0.6) is 0 Å². The third-order valence-corrected chi connectivity index (χ3v) is 7.48. The number of fused-ring (bicyclic) bond motifs is 1. The van der Waals surface area contributed by atoms with Gasteiger partial charge in [-0.05, 0) is 37.1 Å². The van der Waals surface area contributed by atoms with Crippen molar-refractivity contribution >= 4 is 28.6 Å². The van der Waals surface area contributed by atoms with Gasteiger partial charge in [-0.2, -0.15) is 23.1 Å². The molecule has 0 saturated carbocycles. The predicted octanol–water partition coefficient (Wildman–Crippen LogP) is 6.27. The molecule has 14 heteroatoms. The summed E-state index contributed by atoms with van der Waals surface area (Å²) in [7, 11) is 0. The second-order valence-corrected chi connectivity index (χ2v) is 10.5. The van der Waals surface area contributed by atoms with Crippen LogP contribution in [0.2, 0.25) is 5.02 Å². The molecule has 222 valence electrons. The lowest BCUT2D eigenvalue weighted by Crippen LogP contribution is -2.29. The molecule has 3 aromatic heterocycles. The monoisotopic (exact) mass is 614 g/mol. The second-order valence-electron chi connectivity index (χ2n) is 10.0. The number of hydrogen-bond donors (Lipinski definition) is 1. The van der Waals surface area contributed by atoms with E-state index in [1.54, 1.807) is 25.1 Å². The molecule has 0 spiro atoms. The van der Waals surface area contributed by atoms with Gasteiger partial charge in [-0.3, -0.25) is 9.36 Å². The first-order chi connectivity index (χ1) is 20.6. The number of ether oxygens (including phenoxy) is 1. The van der Waals surface area contributed by atoms with E-state index in [0.29, 0.717) is 54.3 Å². The Kier molecular flexibility index (Phi) is 7.61. The summed E-state index contributed by atoms with van der Waals surface area (Å²) in [5, 5.41) is 7.56. The van der Waals surface area contributed by atoms with Crippen molar-refractivity contribution in [1.29, 1.82) is 0 Å². The highest BCUT2D eigenvalue weighted by Crippen LogP contribution is 2.35. The molecule has 9 nitrogen and oxygen atoms in total. The van der Waals surface area contributed by atoms with Crippen LogP contribution in [-0.4, -0.2) is 43.9 Å². The standard InChI is InChI=1S/C29H23ClF4N6O3/c1-15-36-25(39-43-15)16-5-6-19(23(30)12-16)20-11-17-13-35-28(37-18-7-9-42-10-8-18)38-26(17)40(27(20)41)14-21-22(29(32,33)34)3-2-4-24(21)31/h2-6,11-13,18H,7-10,14H2,1H3,(H,35,37,38). The molecule has 0 radical (unpaired) electrons. The van der Waals surface area contributed by atoms with Gasteiger partial charge in [-0.15, -0.1) is 0 Å². The van der Waals surface area contributed by atoms with Crippen LogP contribution in [-0.2, 0) is 17.5 Å². The molecular weight excluding hydrogens is 592 g/mol. The summed E-state index contributed by atoms with van der Waals surface area (Å²) in [5.41, 5.74) is -1.69. The van der Waals surface area contributed by atoms with Crippen LogP contribution < -0.4 is 10.9 Å². The highest BCUT2D eigenvalue weighted by Gasteiger charge is 2.35. The topological polar surface area (TPSA) is 108 Å². The maximum absolute atomic E-state index is 15.0. The highest BCUT2D eigenvalue weighted by atomic mass is 35.5. The Morgan fingerprint density at radius 3 is 2.58 bits per heavy atom. The fourth-order valence-corrected chi connectivity index (χ4v) is 5.31. The van der Waals surface area contributed by atoms with Gasteiger partial charge in [0.2, 0.25) is 17.7 Å². The lowest BCUT2D eigenvalue weighted by molar-refractivity contribution is -0.138. The number of benzene rings is 2. The van der Waals surface area contributed by atoms with Crippen molar-refractivity contribution in [3.05, 3.63) is 86.9 Å². The van der Waals surface area contributed by atoms with E-state index in [2.05, 4.69) is 25.4 Å². The number of nitrogens with one attached hydrogen (secondary N) is 1. The van der Waals surface area contributed by atoms with Crippen molar-refractivity contribution in [1.82, 2.24) is 24.7 Å². The molecule has 2 aromatic carbocycles. The van der Waals surface area contributed by atoms with E-state index in [1.165, 1.54) is 12.3 Å². The van der Waals surface area contributed by atoms with Gasteiger partial charge in [-0.25, -0.2) is 9.37 Å². The normalized spacial score (nSPS) is 14.4. The van der Waals surface area contributed by atoms with Gasteiger partial charge in [0.1, 0.15) is 11.5 Å². The largest absolute Gasteiger partial charge is 0.416 e. The molecule has 5 aromatic rings. The van der Waals surface area contributed by atoms with E-state index in [1.807, 2.05) is 0 Å². The third kappa shape index (κ3) is 5.82. The number of aryl methyl sites for hydroxylation is 1. The predicted molar refractivity (Wildman–Crippen MR) is 150 cm³/mol. The van der Waals surface area contributed by atoms with Gasteiger partial charge in [0.25, 0.3) is 5.56 Å². The molecule has 1 fully saturated rings. The zero-order valence-electron chi connectivity index (χ0n) is 22.6. The highest BCUT2D eigenvalue weighted by molar-refractivity contribution is 6.33. The van der Waals surface area contributed by atoms with E-state index in [4.69, 9.17) is 20.9 Å². The minimum Gasteiger partial charge on any atom is -0.381 e. The zero-order valence-corrected chi connectivity index (χ0v) is 23.3. The molecule has 1 N–H and O–H groups in total. The van der Waals surface area contributed by atoms with E-state index in [0.717, 1.165) is 22.8 Å². The molecule has 1 aliphatic heterocycles. The summed E-state index contributed by atoms with van der Waals surface area (Å²) in [6, 6.07) is 8.95. The summed E-state index contributed by atoms with van der Waals surface area (Å²) in [4.78, 5) is 27.1. The molecule has 1 aliphatic rings. The van der Waals surface area contributed by atoms with Crippen LogP contribution in [0.15, 0.2) is 58.0 Å². The van der Waals surface area contributed by atoms with Crippen LogP contribution in [0.1, 0.15) is 29.9 Å². The number of rotatable bonds is 6. The molecular formula is C29H23ClF4N6O3. The summed E-state index contributed by atoms with van der Waals surface area (Å²) >= 11 is 6.61. The number of aromatic nitrogens is 5. The first kappa shape index (κ1) is 28.7. The zero-order chi connectivity index (χ0) is 30.3. The smallest absolute Gasteiger partial charge is 0.381 e. The molecule has 0 bridgehead atoms. The van der Waals surface area contributed by atoms with Crippen molar-refractivity contribution in [3.8, 4) is 22.5 Å². The van der Waals surface area contributed by atoms with Gasteiger partial charge in [0.15, 0.2) is 0 Å². The fraction of sp³-hybridized carbons (Fsp3) is 0.276. The summed E-state index contributed by atoms with van der Waals surface area (Å²) in [6.45, 7) is 2.00.